The highest BCUT2D eigenvalue weighted by Crippen LogP contribution is 2.34. The fourth-order valence-electron chi connectivity index (χ4n) is 3.06. The molecule has 1 N–H and O–H groups in total. The molecule has 11 heteroatoms. The number of furan rings is 1. The zero-order chi connectivity index (χ0) is 22.2. The first kappa shape index (κ1) is 20.5. The Hall–Kier alpha value is -3.40. The van der Waals surface area contributed by atoms with Gasteiger partial charge in [0.2, 0.25) is 4.96 Å². The summed E-state index contributed by atoms with van der Waals surface area (Å²) >= 11 is 13.4. The lowest BCUT2D eigenvalue weighted by atomic mass is 10.2. The van der Waals surface area contributed by atoms with Crippen LogP contribution in [0.1, 0.15) is 10.6 Å². The molecule has 0 aliphatic rings. The molecule has 0 saturated carbocycles. The molecule has 5 aromatic rings. The van der Waals surface area contributed by atoms with Crippen molar-refractivity contribution in [3.63, 3.8) is 0 Å². The zero-order valence-corrected chi connectivity index (χ0v) is 18.7. The van der Waals surface area contributed by atoms with E-state index in [0.29, 0.717) is 37.8 Å². The molecule has 0 bridgehead atoms. The van der Waals surface area contributed by atoms with Crippen molar-refractivity contribution in [2.75, 3.05) is 12.4 Å². The molecular formula is C21H13Cl2N5O3S. The third kappa shape index (κ3) is 3.81. The number of methoxy groups -OCH3 is 1. The van der Waals surface area contributed by atoms with Gasteiger partial charge in [0.05, 0.1) is 22.8 Å². The highest BCUT2D eigenvalue weighted by Gasteiger charge is 2.17. The van der Waals surface area contributed by atoms with Crippen LogP contribution in [0.15, 0.2) is 59.3 Å². The number of halogens is 2. The van der Waals surface area contributed by atoms with Crippen molar-refractivity contribution < 1.29 is 13.9 Å². The maximum absolute atomic E-state index is 12.9. The molecule has 0 atom stereocenters. The van der Waals surface area contributed by atoms with Crippen LogP contribution >= 0.6 is 34.5 Å². The Morgan fingerprint density at radius 1 is 1.09 bits per heavy atom. The van der Waals surface area contributed by atoms with Gasteiger partial charge in [-0.25, -0.2) is 0 Å². The molecule has 3 aromatic heterocycles. The molecule has 8 nitrogen and oxygen atoms in total. The third-order valence-corrected chi connectivity index (χ3v) is 6.32. The predicted octanol–water partition coefficient (Wildman–Crippen LogP) is 5.68. The highest BCUT2D eigenvalue weighted by atomic mass is 35.5. The Morgan fingerprint density at radius 3 is 2.72 bits per heavy atom. The molecule has 2 aromatic carbocycles. The monoisotopic (exact) mass is 485 g/mol. The van der Waals surface area contributed by atoms with Gasteiger partial charge < -0.3 is 14.5 Å². The molecule has 0 spiro atoms. The van der Waals surface area contributed by atoms with Crippen LogP contribution in [0.4, 0.5) is 5.69 Å². The lowest BCUT2D eigenvalue weighted by Crippen LogP contribution is -2.11. The van der Waals surface area contributed by atoms with E-state index in [4.69, 9.17) is 32.4 Å². The molecule has 32 heavy (non-hydrogen) atoms. The van der Waals surface area contributed by atoms with E-state index in [9.17, 15) is 4.79 Å². The van der Waals surface area contributed by atoms with Crippen molar-refractivity contribution >= 4 is 51.1 Å². The standard InChI is InChI=1S/C21H13Cl2N5O3S/c1-30-17-5-3-12(20-27-28-10-24-26-21(28)32-20)9-15(17)25-19(29)18-7-6-16(31-18)11-2-4-13(22)14(23)8-11/h2-10H,1H3,(H,25,29). The minimum atomic E-state index is -0.426. The van der Waals surface area contributed by atoms with Crippen molar-refractivity contribution in [3.8, 4) is 27.6 Å². The maximum atomic E-state index is 12.9. The Balaban J connectivity index is 1.41. The van der Waals surface area contributed by atoms with Crippen LogP contribution in [0.25, 0.3) is 26.9 Å². The van der Waals surface area contributed by atoms with E-state index >= 15 is 0 Å². The van der Waals surface area contributed by atoms with Crippen LogP contribution in [0.5, 0.6) is 5.75 Å². The van der Waals surface area contributed by atoms with Crippen LogP contribution in [-0.2, 0) is 0 Å². The second-order valence-corrected chi connectivity index (χ2v) is 8.40. The number of rotatable bonds is 5. The number of carbonyl (C=O) groups is 1. The average Bonchev–Trinajstić information content (AvgIpc) is 3.52. The number of aromatic nitrogens is 4. The highest BCUT2D eigenvalue weighted by molar-refractivity contribution is 7.19. The van der Waals surface area contributed by atoms with E-state index in [-0.39, 0.29) is 5.76 Å². The minimum Gasteiger partial charge on any atom is -0.495 e. The minimum absolute atomic E-state index is 0.136. The van der Waals surface area contributed by atoms with Crippen molar-refractivity contribution in [1.29, 1.82) is 0 Å². The number of ether oxygens (including phenoxy) is 1. The second kappa shape index (κ2) is 8.27. The summed E-state index contributed by atoms with van der Waals surface area (Å²) in [6.45, 7) is 0. The van der Waals surface area contributed by atoms with Crippen LogP contribution in [0.3, 0.4) is 0 Å². The first-order valence-electron chi connectivity index (χ1n) is 9.23. The summed E-state index contributed by atoms with van der Waals surface area (Å²) in [5.41, 5.74) is 1.99. The molecule has 3 heterocycles. The van der Waals surface area contributed by atoms with E-state index in [1.165, 1.54) is 24.8 Å². The Labute approximate surface area is 195 Å². The summed E-state index contributed by atoms with van der Waals surface area (Å²) in [7, 11) is 1.53. The Kier molecular flexibility index (Phi) is 5.30. The third-order valence-electron chi connectivity index (χ3n) is 4.62. The number of benzene rings is 2. The summed E-state index contributed by atoms with van der Waals surface area (Å²) in [4.78, 5) is 13.5. The molecule has 160 valence electrons. The molecule has 1 amide bonds. The largest absolute Gasteiger partial charge is 0.495 e. The molecule has 0 saturated heterocycles. The molecule has 0 radical (unpaired) electrons. The number of nitrogens with zero attached hydrogens (tertiary/aromatic N) is 4. The number of hydrogen-bond donors (Lipinski definition) is 1. The van der Waals surface area contributed by atoms with Crippen molar-refractivity contribution in [2.45, 2.75) is 0 Å². The van der Waals surface area contributed by atoms with E-state index in [1.54, 1.807) is 47.0 Å². The summed E-state index contributed by atoms with van der Waals surface area (Å²) in [5.74, 6) is 0.706. The first-order chi connectivity index (χ1) is 15.5. The van der Waals surface area contributed by atoms with Gasteiger partial charge >= 0.3 is 0 Å². The van der Waals surface area contributed by atoms with Gasteiger partial charge in [-0.1, -0.05) is 34.5 Å². The van der Waals surface area contributed by atoms with Crippen LogP contribution in [0, 0.1) is 0 Å². The Bertz CT molecular complexity index is 1430. The smallest absolute Gasteiger partial charge is 0.291 e. The lowest BCUT2D eigenvalue weighted by molar-refractivity contribution is 0.0997. The first-order valence-corrected chi connectivity index (χ1v) is 10.8. The summed E-state index contributed by atoms with van der Waals surface area (Å²) in [6, 6.07) is 13.8. The van der Waals surface area contributed by atoms with Crippen molar-refractivity contribution in [1.82, 2.24) is 19.8 Å². The van der Waals surface area contributed by atoms with Crippen molar-refractivity contribution in [3.05, 3.63) is 70.7 Å². The maximum Gasteiger partial charge on any atom is 0.291 e. The lowest BCUT2D eigenvalue weighted by Gasteiger charge is -2.10. The van der Waals surface area contributed by atoms with Gasteiger partial charge in [0, 0.05) is 11.1 Å². The van der Waals surface area contributed by atoms with Gasteiger partial charge in [-0.3, -0.25) is 4.79 Å². The SMILES string of the molecule is COc1ccc(-c2nn3cnnc3s2)cc1NC(=O)c1ccc(-c2ccc(Cl)c(Cl)c2)o1. The molecule has 0 unspecified atom stereocenters. The number of hydrogen-bond acceptors (Lipinski definition) is 7. The molecule has 0 aliphatic heterocycles. The van der Waals surface area contributed by atoms with Crippen LogP contribution in [-0.4, -0.2) is 32.8 Å². The Morgan fingerprint density at radius 2 is 1.94 bits per heavy atom. The van der Waals surface area contributed by atoms with Gasteiger partial charge in [0.15, 0.2) is 5.76 Å². The summed E-state index contributed by atoms with van der Waals surface area (Å²) in [5, 5.41) is 16.7. The van der Waals surface area contributed by atoms with E-state index in [1.807, 2.05) is 6.07 Å². The van der Waals surface area contributed by atoms with Crippen LogP contribution < -0.4 is 10.1 Å². The van der Waals surface area contributed by atoms with Crippen LogP contribution in [0.2, 0.25) is 10.0 Å². The fraction of sp³-hybridized carbons (Fsp3) is 0.0476. The molecule has 0 fully saturated rings. The van der Waals surface area contributed by atoms with Gasteiger partial charge in [-0.05, 0) is 48.5 Å². The van der Waals surface area contributed by atoms with Gasteiger partial charge in [0.1, 0.15) is 22.8 Å². The predicted molar refractivity (Wildman–Crippen MR) is 123 cm³/mol. The number of carbonyl (C=O) groups excluding carboxylic acids is 1. The topological polar surface area (TPSA) is 94.5 Å². The molecular weight excluding hydrogens is 473 g/mol. The van der Waals surface area contributed by atoms with E-state index < -0.39 is 5.91 Å². The zero-order valence-electron chi connectivity index (χ0n) is 16.4. The number of amides is 1. The van der Waals surface area contributed by atoms with E-state index in [0.717, 1.165) is 10.6 Å². The van der Waals surface area contributed by atoms with Gasteiger partial charge in [-0.15, -0.1) is 10.2 Å². The quantitative estimate of drug-likeness (QED) is 0.344. The van der Waals surface area contributed by atoms with Crippen molar-refractivity contribution in [2.24, 2.45) is 0 Å². The van der Waals surface area contributed by atoms with Gasteiger partial charge in [0.25, 0.3) is 5.91 Å². The average molecular weight is 486 g/mol. The summed E-state index contributed by atoms with van der Waals surface area (Å²) in [6.07, 6.45) is 1.53. The van der Waals surface area contributed by atoms with Gasteiger partial charge in [-0.2, -0.15) is 9.61 Å². The second-order valence-electron chi connectivity index (χ2n) is 6.63. The fourth-order valence-corrected chi connectivity index (χ4v) is 4.18. The normalized spacial score (nSPS) is 11.1. The number of fused-ring (bicyclic) bond motifs is 1. The van der Waals surface area contributed by atoms with E-state index in [2.05, 4.69) is 20.6 Å². The number of anilines is 1. The summed E-state index contributed by atoms with van der Waals surface area (Å²) < 4.78 is 12.7. The molecule has 5 rings (SSSR count). The molecule has 0 aliphatic carbocycles. The number of nitrogens with one attached hydrogen (secondary N) is 1.